The lowest BCUT2D eigenvalue weighted by Gasteiger charge is -2.07. The van der Waals surface area contributed by atoms with Crippen molar-refractivity contribution in [1.29, 1.82) is 0 Å². The molecule has 0 spiro atoms. The maximum absolute atomic E-state index is 11.1. The Labute approximate surface area is 113 Å². The van der Waals surface area contributed by atoms with E-state index in [1.165, 1.54) is 36.1 Å². The van der Waals surface area contributed by atoms with Gasteiger partial charge in [-0.05, 0) is 18.6 Å². The predicted octanol–water partition coefficient (Wildman–Crippen LogP) is 0.933. The molecule has 1 atom stereocenters. The minimum atomic E-state index is -0.818. The van der Waals surface area contributed by atoms with Crippen LogP contribution in [0.4, 0.5) is 5.69 Å². The van der Waals surface area contributed by atoms with Crippen LogP contribution in [0.15, 0.2) is 30.6 Å². The molecule has 2 aromatic rings. The number of nitrogens with zero attached hydrogens (tertiary/aromatic N) is 3. The fourth-order valence-corrected chi connectivity index (χ4v) is 1.72. The number of aliphatic hydroxyl groups excluding tert-OH is 1. The van der Waals surface area contributed by atoms with Crippen molar-refractivity contribution in [1.82, 2.24) is 9.78 Å². The lowest BCUT2D eigenvalue weighted by molar-refractivity contribution is -0.384. The van der Waals surface area contributed by atoms with E-state index >= 15 is 0 Å². The minimum Gasteiger partial charge on any atom is -0.389 e. The second kappa shape index (κ2) is 5.10. The zero-order valence-electron chi connectivity index (χ0n) is 10.6. The van der Waals surface area contributed by atoms with E-state index in [1.54, 1.807) is 6.07 Å². The van der Waals surface area contributed by atoms with Crippen molar-refractivity contribution in [2.75, 3.05) is 0 Å². The van der Waals surface area contributed by atoms with Crippen LogP contribution in [0.5, 0.6) is 0 Å². The molecule has 2 rings (SSSR count). The summed E-state index contributed by atoms with van der Waals surface area (Å²) in [5, 5.41) is 24.4. The SMILES string of the molecule is C[C@@H](O)c1ccc(-n2cc(C(N)=O)cn2)c([N+](=O)[O-])c1. The first-order valence-corrected chi connectivity index (χ1v) is 5.71. The van der Waals surface area contributed by atoms with Gasteiger partial charge in [0.05, 0.1) is 22.8 Å². The van der Waals surface area contributed by atoms with Gasteiger partial charge in [0, 0.05) is 12.3 Å². The molecule has 8 heteroatoms. The van der Waals surface area contributed by atoms with Crippen LogP contribution in [0.1, 0.15) is 28.9 Å². The van der Waals surface area contributed by atoms with Crippen LogP contribution in [0.25, 0.3) is 5.69 Å². The van der Waals surface area contributed by atoms with E-state index in [0.29, 0.717) is 5.56 Å². The van der Waals surface area contributed by atoms with Crippen LogP contribution >= 0.6 is 0 Å². The molecule has 8 nitrogen and oxygen atoms in total. The molecule has 20 heavy (non-hydrogen) atoms. The number of nitro benzene ring substituents is 1. The van der Waals surface area contributed by atoms with E-state index in [9.17, 15) is 20.0 Å². The van der Waals surface area contributed by atoms with Crippen LogP contribution < -0.4 is 5.73 Å². The molecule has 0 saturated carbocycles. The summed E-state index contributed by atoms with van der Waals surface area (Å²) in [7, 11) is 0. The number of primary amides is 1. The summed E-state index contributed by atoms with van der Waals surface area (Å²) in [4.78, 5) is 21.5. The topological polar surface area (TPSA) is 124 Å². The predicted molar refractivity (Wildman–Crippen MR) is 69.4 cm³/mol. The molecular weight excluding hydrogens is 264 g/mol. The van der Waals surface area contributed by atoms with E-state index in [0.717, 1.165) is 0 Å². The Hall–Kier alpha value is -2.74. The summed E-state index contributed by atoms with van der Waals surface area (Å²) in [6.07, 6.45) is 1.73. The van der Waals surface area contributed by atoms with Gasteiger partial charge in [-0.25, -0.2) is 4.68 Å². The Kier molecular flexibility index (Phi) is 3.49. The summed E-state index contributed by atoms with van der Waals surface area (Å²) >= 11 is 0. The fraction of sp³-hybridized carbons (Fsp3) is 0.167. The summed E-state index contributed by atoms with van der Waals surface area (Å²) in [6.45, 7) is 1.51. The minimum absolute atomic E-state index is 0.152. The van der Waals surface area contributed by atoms with Gasteiger partial charge in [0.15, 0.2) is 0 Å². The van der Waals surface area contributed by atoms with Gasteiger partial charge in [-0.15, -0.1) is 0 Å². The number of rotatable bonds is 4. The first-order chi connectivity index (χ1) is 9.40. The van der Waals surface area contributed by atoms with Gasteiger partial charge < -0.3 is 10.8 Å². The number of carbonyl (C=O) groups is 1. The largest absolute Gasteiger partial charge is 0.389 e. The number of benzene rings is 1. The van der Waals surface area contributed by atoms with Crippen molar-refractivity contribution in [3.8, 4) is 5.69 Å². The molecule has 0 saturated heterocycles. The van der Waals surface area contributed by atoms with Gasteiger partial charge in [-0.1, -0.05) is 6.07 Å². The Morgan fingerprint density at radius 3 is 2.75 bits per heavy atom. The second-order valence-corrected chi connectivity index (χ2v) is 4.22. The van der Waals surface area contributed by atoms with E-state index in [2.05, 4.69) is 5.10 Å². The van der Waals surface area contributed by atoms with Gasteiger partial charge in [0.2, 0.25) is 0 Å². The molecule has 0 bridgehead atoms. The third-order valence-corrected chi connectivity index (χ3v) is 2.79. The van der Waals surface area contributed by atoms with E-state index in [4.69, 9.17) is 5.73 Å². The number of amides is 1. The lowest BCUT2D eigenvalue weighted by Crippen LogP contribution is -2.09. The van der Waals surface area contributed by atoms with Gasteiger partial charge in [0.1, 0.15) is 5.69 Å². The molecule has 1 aromatic carbocycles. The highest BCUT2D eigenvalue weighted by Gasteiger charge is 2.19. The maximum Gasteiger partial charge on any atom is 0.295 e. The Bertz CT molecular complexity index is 678. The molecule has 104 valence electrons. The van der Waals surface area contributed by atoms with Crippen LogP contribution in [0, 0.1) is 10.1 Å². The molecule has 0 radical (unpaired) electrons. The highest BCUT2D eigenvalue weighted by Crippen LogP contribution is 2.26. The lowest BCUT2D eigenvalue weighted by atomic mass is 10.1. The van der Waals surface area contributed by atoms with Crippen molar-refractivity contribution in [2.24, 2.45) is 5.73 Å². The smallest absolute Gasteiger partial charge is 0.295 e. The number of hydrogen-bond acceptors (Lipinski definition) is 5. The van der Waals surface area contributed by atoms with Crippen molar-refractivity contribution in [2.45, 2.75) is 13.0 Å². The van der Waals surface area contributed by atoms with E-state index < -0.39 is 16.9 Å². The number of nitrogens with two attached hydrogens (primary N) is 1. The number of carbonyl (C=O) groups excluding carboxylic acids is 1. The molecule has 0 fully saturated rings. The van der Waals surface area contributed by atoms with Crippen molar-refractivity contribution in [3.05, 3.63) is 51.8 Å². The second-order valence-electron chi connectivity index (χ2n) is 4.22. The highest BCUT2D eigenvalue weighted by atomic mass is 16.6. The fourth-order valence-electron chi connectivity index (χ4n) is 1.72. The van der Waals surface area contributed by atoms with Gasteiger partial charge >= 0.3 is 0 Å². The van der Waals surface area contributed by atoms with Crippen LogP contribution in [0.3, 0.4) is 0 Å². The first-order valence-electron chi connectivity index (χ1n) is 5.71. The Balaban J connectivity index is 2.54. The van der Waals surface area contributed by atoms with Crippen molar-refractivity contribution in [3.63, 3.8) is 0 Å². The molecule has 0 aliphatic heterocycles. The zero-order valence-corrected chi connectivity index (χ0v) is 10.6. The summed E-state index contributed by atoms with van der Waals surface area (Å²) < 4.78 is 1.20. The van der Waals surface area contributed by atoms with Crippen molar-refractivity contribution < 1.29 is 14.8 Å². The van der Waals surface area contributed by atoms with Gasteiger partial charge in [0.25, 0.3) is 11.6 Å². The summed E-state index contributed by atoms with van der Waals surface area (Å²) in [6, 6.07) is 4.28. The normalized spacial score (nSPS) is 12.1. The molecular formula is C12H12N4O4. The number of aromatic nitrogens is 2. The summed E-state index contributed by atoms with van der Waals surface area (Å²) in [5.74, 6) is -0.667. The number of hydrogen-bond donors (Lipinski definition) is 2. The van der Waals surface area contributed by atoms with E-state index in [1.807, 2.05) is 0 Å². The molecule has 0 unspecified atom stereocenters. The average molecular weight is 276 g/mol. The monoisotopic (exact) mass is 276 g/mol. The average Bonchev–Trinajstić information content (AvgIpc) is 2.87. The maximum atomic E-state index is 11.1. The number of nitro groups is 1. The molecule has 1 amide bonds. The third kappa shape index (κ3) is 2.50. The summed E-state index contributed by atoms with van der Waals surface area (Å²) in [5.41, 5.74) is 5.65. The Morgan fingerprint density at radius 2 is 2.25 bits per heavy atom. The molecule has 0 aliphatic rings. The standard InChI is InChI=1S/C12H12N4O4/c1-7(17)8-2-3-10(11(4-8)16(19)20)15-6-9(5-14-15)12(13)18/h2-7,17H,1H3,(H2,13,18)/t7-/m1/s1. The van der Waals surface area contributed by atoms with Crippen LogP contribution in [-0.2, 0) is 0 Å². The van der Waals surface area contributed by atoms with Gasteiger partial charge in [-0.3, -0.25) is 14.9 Å². The van der Waals surface area contributed by atoms with Crippen LogP contribution in [0.2, 0.25) is 0 Å². The third-order valence-electron chi connectivity index (χ3n) is 2.79. The van der Waals surface area contributed by atoms with E-state index in [-0.39, 0.29) is 16.9 Å². The number of aliphatic hydroxyl groups is 1. The quantitative estimate of drug-likeness (QED) is 0.635. The molecule has 0 aliphatic carbocycles. The highest BCUT2D eigenvalue weighted by molar-refractivity contribution is 5.92. The molecule has 1 heterocycles. The Morgan fingerprint density at radius 1 is 1.55 bits per heavy atom. The zero-order chi connectivity index (χ0) is 14.9. The van der Waals surface area contributed by atoms with Gasteiger partial charge in [-0.2, -0.15) is 5.10 Å². The first kappa shape index (κ1) is 13.7. The van der Waals surface area contributed by atoms with Crippen LogP contribution in [-0.4, -0.2) is 25.7 Å². The molecule has 3 N–H and O–H groups in total. The molecule has 1 aromatic heterocycles. The van der Waals surface area contributed by atoms with Crippen molar-refractivity contribution >= 4 is 11.6 Å².